The summed E-state index contributed by atoms with van der Waals surface area (Å²) in [6.07, 6.45) is 12.7. The Morgan fingerprint density at radius 3 is 2.53 bits per heavy atom. The molecule has 0 amide bonds. The maximum atomic E-state index is 12.5. The van der Waals surface area contributed by atoms with Crippen LogP contribution in [0.4, 0.5) is 0 Å². The SMILES string of the molecule is C=CC[N+]1([C@H]2C[C@H]3[C@@H]4CC[C@H]5C[C@@H](O)[C@H](N6CCOCC6)C[C@]5(C)[C@H]4CC[C@]3(C)[C@H]2OC(C)=O)CCCC1. The average Bonchev–Trinajstić information content (AvgIpc) is 3.48. The molecule has 10 atom stereocenters. The van der Waals surface area contributed by atoms with Crippen molar-refractivity contribution >= 4 is 5.97 Å². The predicted molar refractivity (Wildman–Crippen MR) is 148 cm³/mol. The number of carbonyl (C=O) groups excluding carboxylic acids is 1. The molecule has 6 aliphatic rings. The Morgan fingerprint density at radius 2 is 1.84 bits per heavy atom. The molecule has 2 aliphatic heterocycles. The van der Waals surface area contributed by atoms with Crippen molar-refractivity contribution in [2.45, 2.75) is 103 Å². The molecule has 6 rings (SSSR count). The van der Waals surface area contributed by atoms with Crippen molar-refractivity contribution in [2.75, 3.05) is 45.9 Å². The lowest BCUT2D eigenvalue weighted by molar-refractivity contribution is -0.937. The second kappa shape index (κ2) is 10.2. The van der Waals surface area contributed by atoms with Gasteiger partial charge in [0.25, 0.3) is 0 Å². The van der Waals surface area contributed by atoms with E-state index in [1.165, 1.54) is 51.6 Å². The van der Waals surface area contributed by atoms with E-state index >= 15 is 0 Å². The number of morpholine rings is 1. The van der Waals surface area contributed by atoms with Gasteiger partial charge in [-0.2, -0.15) is 0 Å². The molecule has 6 nitrogen and oxygen atoms in total. The number of likely N-dealkylation sites (tertiary alicyclic amines) is 1. The van der Waals surface area contributed by atoms with Crippen LogP contribution in [0.5, 0.6) is 0 Å². The molecule has 6 heteroatoms. The number of hydrogen-bond donors (Lipinski definition) is 1. The summed E-state index contributed by atoms with van der Waals surface area (Å²) in [5.41, 5.74) is 0.343. The van der Waals surface area contributed by atoms with Gasteiger partial charge in [-0.15, -0.1) is 0 Å². The summed E-state index contributed by atoms with van der Waals surface area (Å²) < 4.78 is 13.1. The van der Waals surface area contributed by atoms with E-state index in [0.29, 0.717) is 29.7 Å². The molecule has 0 aromatic heterocycles. The fraction of sp³-hybridized carbons (Fsp3) is 0.906. The summed E-state index contributed by atoms with van der Waals surface area (Å²) in [5.74, 6) is 2.54. The molecule has 0 aromatic carbocycles. The third-order valence-corrected chi connectivity index (χ3v) is 13.1. The van der Waals surface area contributed by atoms with E-state index < -0.39 is 0 Å². The molecule has 0 bridgehead atoms. The summed E-state index contributed by atoms with van der Waals surface area (Å²) in [4.78, 5) is 15.0. The maximum Gasteiger partial charge on any atom is 0.303 e. The summed E-state index contributed by atoms with van der Waals surface area (Å²) in [6, 6.07) is 0.663. The Morgan fingerprint density at radius 1 is 1.11 bits per heavy atom. The number of hydrogen-bond acceptors (Lipinski definition) is 5. The van der Waals surface area contributed by atoms with Gasteiger partial charge in [0.05, 0.1) is 39.0 Å². The molecule has 4 saturated carbocycles. The first kappa shape index (κ1) is 27.2. The van der Waals surface area contributed by atoms with Crippen LogP contribution in [0.25, 0.3) is 0 Å². The molecule has 38 heavy (non-hydrogen) atoms. The molecule has 0 radical (unpaired) electrons. The third-order valence-electron chi connectivity index (χ3n) is 13.1. The van der Waals surface area contributed by atoms with Crippen LogP contribution in [-0.4, -0.2) is 90.7 Å². The van der Waals surface area contributed by atoms with Gasteiger partial charge in [-0.3, -0.25) is 9.69 Å². The number of nitrogens with zero attached hydrogens (tertiary/aromatic N) is 2. The van der Waals surface area contributed by atoms with Crippen molar-refractivity contribution in [3.63, 3.8) is 0 Å². The van der Waals surface area contributed by atoms with Gasteiger partial charge >= 0.3 is 5.97 Å². The van der Waals surface area contributed by atoms with Crippen LogP contribution in [0.3, 0.4) is 0 Å². The lowest BCUT2D eigenvalue weighted by Crippen LogP contribution is -2.61. The second-order valence-electron chi connectivity index (χ2n) is 14.6. The van der Waals surface area contributed by atoms with Crippen molar-refractivity contribution < 1.29 is 23.9 Å². The molecule has 2 saturated heterocycles. The minimum atomic E-state index is -0.209. The molecule has 6 fully saturated rings. The van der Waals surface area contributed by atoms with E-state index in [1.54, 1.807) is 6.92 Å². The fourth-order valence-corrected chi connectivity index (χ4v) is 11.3. The molecule has 2 heterocycles. The van der Waals surface area contributed by atoms with Crippen LogP contribution in [0.2, 0.25) is 0 Å². The quantitative estimate of drug-likeness (QED) is 0.325. The maximum absolute atomic E-state index is 12.5. The highest BCUT2D eigenvalue weighted by molar-refractivity contribution is 5.66. The van der Waals surface area contributed by atoms with Crippen molar-refractivity contribution in [3.8, 4) is 0 Å². The Kier molecular flexibility index (Phi) is 7.27. The molecule has 214 valence electrons. The van der Waals surface area contributed by atoms with E-state index in [-0.39, 0.29) is 35.0 Å². The topological polar surface area (TPSA) is 59.0 Å². The lowest BCUT2D eigenvalue weighted by Gasteiger charge is -2.62. The first-order valence-corrected chi connectivity index (χ1v) is 15.9. The van der Waals surface area contributed by atoms with Crippen molar-refractivity contribution in [1.29, 1.82) is 0 Å². The van der Waals surface area contributed by atoms with Crippen molar-refractivity contribution in [1.82, 2.24) is 4.90 Å². The van der Waals surface area contributed by atoms with E-state index in [4.69, 9.17) is 9.47 Å². The lowest BCUT2D eigenvalue weighted by atomic mass is 9.44. The first-order valence-electron chi connectivity index (χ1n) is 15.9. The standard InChI is InChI=1S/C32H53N2O4/c1-5-14-34(15-6-7-16-34)28-20-26-24-9-8-23-19-29(36)27(33-12-17-37-18-13-33)21-32(23,4)25(24)10-11-31(26,3)30(28)38-22(2)35/h5,23-30,36H,1,6-21H2,2-4H3/q+1/t23-,24+,25-,26-,27+,28-,29+,30-,31-,32-/m0/s1. The van der Waals surface area contributed by atoms with E-state index in [0.717, 1.165) is 56.6 Å². The zero-order chi connectivity index (χ0) is 26.7. The Bertz CT molecular complexity index is 898. The fourth-order valence-electron chi connectivity index (χ4n) is 11.3. The number of carbonyl (C=O) groups is 1. The van der Waals surface area contributed by atoms with Crippen LogP contribution in [0.1, 0.15) is 78.6 Å². The summed E-state index contributed by atoms with van der Waals surface area (Å²) >= 11 is 0. The zero-order valence-corrected chi connectivity index (χ0v) is 24.3. The molecular weight excluding hydrogens is 476 g/mol. The minimum absolute atomic E-state index is 0.0174. The Labute approximate surface area is 230 Å². The molecule has 4 aliphatic carbocycles. The van der Waals surface area contributed by atoms with E-state index in [1.807, 2.05) is 0 Å². The van der Waals surface area contributed by atoms with Crippen molar-refractivity contribution in [2.24, 2.45) is 34.5 Å². The van der Waals surface area contributed by atoms with Crippen LogP contribution in [0.15, 0.2) is 12.7 Å². The van der Waals surface area contributed by atoms with Gasteiger partial charge in [0, 0.05) is 50.7 Å². The molecule has 0 spiro atoms. The number of fused-ring (bicyclic) bond motifs is 5. The van der Waals surface area contributed by atoms with E-state index in [9.17, 15) is 9.90 Å². The molecule has 0 unspecified atom stereocenters. The minimum Gasteiger partial charge on any atom is -0.456 e. The van der Waals surface area contributed by atoms with Gasteiger partial charge in [-0.05, 0) is 73.7 Å². The smallest absolute Gasteiger partial charge is 0.303 e. The highest BCUT2D eigenvalue weighted by atomic mass is 16.5. The number of aliphatic hydroxyl groups excluding tert-OH is 1. The number of ether oxygens (including phenoxy) is 2. The zero-order valence-electron chi connectivity index (χ0n) is 24.3. The first-order chi connectivity index (χ1) is 18.2. The van der Waals surface area contributed by atoms with Gasteiger partial charge in [0.15, 0.2) is 6.10 Å². The third kappa shape index (κ3) is 4.23. The number of aliphatic hydroxyl groups is 1. The number of esters is 1. The van der Waals surface area contributed by atoms with Crippen LogP contribution < -0.4 is 0 Å². The monoisotopic (exact) mass is 529 g/mol. The summed E-state index contributed by atoms with van der Waals surface area (Å²) in [5, 5.41) is 11.3. The van der Waals surface area contributed by atoms with Crippen LogP contribution in [0, 0.1) is 34.5 Å². The summed E-state index contributed by atoms with van der Waals surface area (Å²) in [6.45, 7) is 17.7. The highest BCUT2D eigenvalue weighted by Gasteiger charge is 2.67. The van der Waals surface area contributed by atoms with Gasteiger partial charge in [-0.1, -0.05) is 20.4 Å². The predicted octanol–water partition coefficient (Wildman–Crippen LogP) is 4.41. The van der Waals surface area contributed by atoms with Gasteiger partial charge in [0.1, 0.15) is 6.04 Å². The molecule has 1 N–H and O–H groups in total. The highest BCUT2D eigenvalue weighted by Crippen LogP contribution is 2.67. The average molecular weight is 530 g/mol. The Balaban J connectivity index is 1.30. The molecule has 0 aromatic rings. The van der Waals surface area contributed by atoms with Gasteiger partial charge in [-0.25, -0.2) is 0 Å². The van der Waals surface area contributed by atoms with Crippen LogP contribution in [-0.2, 0) is 14.3 Å². The summed E-state index contributed by atoms with van der Waals surface area (Å²) in [7, 11) is 0. The van der Waals surface area contributed by atoms with Crippen molar-refractivity contribution in [3.05, 3.63) is 12.7 Å². The Hall–Kier alpha value is -0.950. The molecular formula is C32H53N2O4+. The second-order valence-corrected chi connectivity index (χ2v) is 14.6. The largest absolute Gasteiger partial charge is 0.456 e. The van der Waals surface area contributed by atoms with E-state index in [2.05, 4.69) is 31.4 Å². The normalized spacial score (nSPS) is 48.5. The van der Waals surface area contributed by atoms with Gasteiger partial charge in [0.2, 0.25) is 0 Å². The van der Waals surface area contributed by atoms with Crippen LogP contribution >= 0.6 is 0 Å². The van der Waals surface area contributed by atoms with Gasteiger partial charge < -0.3 is 19.1 Å². The number of quaternary nitrogens is 1. The number of rotatable bonds is 5.